The number of nitrogens with one attached hydrogen (secondary N) is 1. The molecule has 2 aromatic rings. The van der Waals surface area contributed by atoms with Crippen molar-refractivity contribution in [2.24, 2.45) is 0 Å². The number of benzene rings is 2. The van der Waals surface area contributed by atoms with E-state index in [-0.39, 0.29) is 11.9 Å². The fraction of sp³-hybridized carbons (Fsp3) is 0.294. The smallest absolute Gasteiger partial charge is 0.128 e. The summed E-state index contributed by atoms with van der Waals surface area (Å²) in [6.07, 6.45) is 0. The minimum Gasteiger partial charge on any atom is -0.306 e. The molecule has 1 atom stereocenters. The zero-order valence-corrected chi connectivity index (χ0v) is 12.8. The first-order valence-corrected chi connectivity index (χ1v) is 7.16. The van der Waals surface area contributed by atoms with Gasteiger partial charge in [-0.05, 0) is 49.2 Å². The molecule has 0 aliphatic carbocycles. The number of hydrogen-bond donors (Lipinski definition) is 1. The standard InChI is InChI=1S/C17H19ClFN/c1-4-20-17(13-7-6-12(3)15(18)10-13)14-8-5-11(2)9-16(14)19/h5-10,17,20H,4H2,1-3H3. The summed E-state index contributed by atoms with van der Waals surface area (Å²) in [5.74, 6) is -0.187. The van der Waals surface area contributed by atoms with Gasteiger partial charge in [0.1, 0.15) is 5.82 Å². The zero-order valence-electron chi connectivity index (χ0n) is 12.0. The Morgan fingerprint density at radius 3 is 2.50 bits per heavy atom. The molecule has 0 saturated carbocycles. The van der Waals surface area contributed by atoms with E-state index in [1.807, 2.05) is 51.1 Å². The SMILES string of the molecule is CCNC(c1ccc(C)c(Cl)c1)c1ccc(C)cc1F. The van der Waals surface area contributed by atoms with Crippen molar-refractivity contribution in [3.63, 3.8) is 0 Å². The second-order valence-electron chi connectivity index (χ2n) is 5.02. The lowest BCUT2D eigenvalue weighted by Gasteiger charge is -2.20. The quantitative estimate of drug-likeness (QED) is 0.853. The summed E-state index contributed by atoms with van der Waals surface area (Å²) in [7, 11) is 0. The van der Waals surface area contributed by atoms with Gasteiger partial charge in [-0.25, -0.2) is 4.39 Å². The summed E-state index contributed by atoms with van der Waals surface area (Å²) in [6, 6.07) is 11.0. The van der Waals surface area contributed by atoms with Gasteiger partial charge in [0.15, 0.2) is 0 Å². The molecular formula is C17H19ClFN. The van der Waals surface area contributed by atoms with E-state index in [4.69, 9.17) is 11.6 Å². The van der Waals surface area contributed by atoms with Crippen LogP contribution in [0.3, 0.4) is 0 Å². The van der Waals surface area contributed by atoms with Crippen LogP contribution >= 0.6 is 11.6 Å². The first-order valence-electron chi connectivity index (χ1n) is 6.78. The Kier molecular flexibility index (Phi) is 4.79. The highest BCUT2D eigenvalue weighted by Crippen LogP contribution is 2.28. The summed E-state index contributed by atoms with van der Waals surface area (Å²) in [5, 5.41) is 4.03. The van der Waals surface area contributed by atoms with Gasteiger partial charge in [-0.3, -0.25) is 0 Å². The van der Waals surface area contributed by atoms with Crippen molar-refractivity contribution in [2.75, 3.05) is 6.54 Å². The number of hydrogen-bond acceptors (Lipinski definition) is 1. The number of rotatable bonds is 4. The van der Waals surface area contributed by atoms with Crippen LogP contribution in [0.1, 0.15) is 35.2 Å². The molecule has 3 heteroatoms. The van der Waals surface area contributed by atoms with Crippen molar-refractivity contribution >= 4 is 11.6 Å². The van der Waals surface area contributed by atoms with Crippen LogP contribution in [-0.2, 0) is 0 Å². The van der Waals surface area contributed by atoms with Crippen LogP contribution in [0.2, 0.25) is 5.02 Å². The first-order chi connectivity index (χ1) is 9.52. The lowest BCUT2D eigenvalue weighted by atomic mass is 9.96. The Bertz CT molecular complexity index is 610. The molecular weight excluding hydrogens is 273 g/mol. The normalized spacial score (nSPS) is 12.4. The van der Waals surface area contributed by atoms with Crippen LogP contribution in [0.25, 0.3) is 0 Å². The predicted octanol–water partition coefficient (Wildman–Crippen LogP) is 4.79. The molecule has 0 radical (unpaired) electrons. The Morgan fingerprint density at radius 2 is 1.90 bits per heavy atom. The molecule has 20 heavy (non-hydrogen) atoms. The summed E-state index contributed by atoms with van der Waals surface area (Å²) >= 11 is 6.19. The van der Waals surface area contributed by atoms with Crippen LogP contribution in [0, 0.1) is 19.7 Å². The maximum atomic E-state index is 14.2. The predicted molar refractivity (Wildman–Crippen MR) is 82.8 cm³/mol. The average molecular weight is 292 g/mol. The van der Waals surface area contributed by atoms with E-state index >= 15 is 0 Å². The van der Waals surface area contributed by atoms with E-state index in [9.17, 15) is 4.39 Å². The fourth-order valence-electron chi connectivity index (χ4n) is 2.27. The Hall–Kier alpha value is -1.38. The molecule has 0 aliphatic rings. The monoisotopic (exact) mass is 291 g/mol. The van der Waals surface area contributed by atoms with E-state index in [0.29, 0.717) is 10.6 Å². The van der Waals surface area contributed by atoms with Gasteiger partial charge in [0, 0.05) is 10.6 Å². The van der Waals surface area contributed by atoms with Gasteiger partial charge >= 0.3 is 0 Å². The molecule has 1 N–H and O–H groups in total. The van der Waals surface area contributed by atoms with Gasteiger partial charge in [-0.1, -0.05) is 42.8 Å². The van der Waals surface area contributed by atoms with Crippen molar-refractivity contribution in [3.05, 3.63) is 69.5 Å². The third-order valence-corrected chi connectivity index (χ3v) is 3.81. The third-order valence-electron chi connectivity index (χ3n) is 3.40. The lowest BCUT2D eigenvalue weighted by molar-refractivity contribution is 0.558. The average Bonchev–Trinajstić information content (AvgIpc) is 2.40. The van der Waals surface area contributed by atoms with Gasteiger partial charge in [-0.15, -0.1) is 0 Å². The minimum atomic E-state index is -0.187. The van der Waals surface area contributed by atoms with E-state index in [1.54, 1.807) is 6.07 Å². The second kappa shape index (κ2) is 6.38. The topological polar surface area (TPSA) is 12.0 Å². The highest BCUT2D eigenvalue weighted by atomic mass is 35.5. The second-order valence-corrected chi connectivity index (χ2v) is 5.43. The molecule has 0 fully saturated rings. The van der Waals surface area contributed by atoms with Crippen LogP contribution in [0.4, 0.5) is 4.39 Å². The Balaban J connectivity index is 2.47. The van der Waals surface area contributed by atoms with Crippen LogP contribution in [0.15, 0.2) is 36.4 Å². The maximum Gasteiger partial charge on any atom is 0.128 e. The molecule has 2 aromatic carbocycles. The summed E-state index contributed by atoms with van der Waals surface area (Å²) in [5.41, 5.74) is 3.57. The van der Waals surface area contributed by atoms with Crippen molar-refractivity contribution in [1.29, 1.82) is 0 Å². The van der Waals surface area contributed by atoms with Crippen LogP contribution < -0.4 is 5.32 Å². The van der Waals surface area contributed by atoms with Gasteiger partial charge in [0.25, 0.3) is 0 Å². The molecule has 0 aliphatic heterocycles. The Labute approximate surface area is 124 Å². The van der Waals surface area contributed by atoms with Crippen LogP contribution in [-0.4, -0.2) is 6.54 Å². The molecule has 0 spiro atoms. The maximum absolute atomic E-state index is 14.2. The largest absolute Gasteiger partial charge is 0.306 e. The number of halogens is 2. The molecule has 0 saturated heterocycles. The molecule has 1 nitrogen and oxygen atoms in total. The molecule has 106 valence electrons. The fourth-order valence-corrected chi connectivity index (χ4v) is 2.46. The van der Waals surface area contributed by atoms with Gasteiger partial charge in [-0.2, -0.15) is 0 Å². The van der Waals surface area contributed by atoms with E-state index in [1.165, 1.54) is 0 Å². The van der Waals surface area contributed by atoms with E-state index in [2.05, 4.69) is 5.32 Å². The van der Waals surface area contributed by atoms with Gasteiger partial charge in [0.05, 0.1) is 6.04 Å². The third kappa shape index (κ3) is 3.20. The van der Waals surface area contributed by atoms with Gasteiger partial charge in [0.2, 0.25) is 0 Å². The Morgan fingerprint density at radius 1 is 1.15 bits per heavy atom. The molecule has 0 amide bonds. The minimum absolute atomic E-state index is 0.182. The summed E-state index contributed by atoms with van der Waals surface area (Å²) < 4.78 is 14.2. The van der Waals surface area contributed by atoms with E-state index in [0.717, 1.165) is 23.2 Å². The molecule has 1 unspecified atom stereocenters. The van der Waals surface area contributed by atoms with Crippen LogP contribution in [0.5, 0.6) is 0 Å². The highest BCUT2D eigenvalue weighted by molar-refractivity contribution is 6.31. The summed E-state index contributed by atoms with van der Waals surface area (Å²) in [6.45, 7) is 6.61. The van der Waals surface area contributed by atoms with Crippen molar-refractivity contribution in [3.8, 4) is 0 Å². The first kappa shape index (κ1) is 15.0. The van der Waals surface area contributed by atoms with Crippen molar-refractivity contribution in [1.82, 2.24) is 5.32 Å². The molecule has 0 aromatic heterocycles. The van der Waals surface area contributed by atoms with E-state index < -0.39 is 0 Å². The summed E-state index contributed by atoms with van der Waals surface area (Å²) in [4.78, 5) is 0. The van der Waals surface area contributed by atoms with Gasteiger partial charge < -0.3 is 5.32 Å². The highest BCUT2D eigenvalue weighted by Gasteiger charge is 2.17. The molecule has 0 heterocycles. The molecule has 0 bridgehead atoms. The lowest BCUT2D eigenvalue weighted by Crippen LogP contribution is -2.23. The van der Waals surface area contributed by atoms with Crippen molar-refractivity contribution in [2.45, 2.75) is 26.8 Å². The number of aryl methyl sites for hydroxylation is 2. The van der Waals surface area contributed by atoms with Crippen molar-refractivity contribution < 1.29 is 4.39 Å². The zero-order chi connectivity index (χ0) is 14.7. The molecule has 2 rings (SSSR count).